The Morgan fingerprint density at radius 1 is 1.40 bits per heavy atom. The number of thiophene rings is 1. The third kappa shape index (κ3) is 3.15. The molecule has 4 nitrogen and oxygen atoms in total. The second-order valence-corrected chi connectivity index (χ2v) is 8.41. The summed E-state index contributed by atoms with van der Waals surface area (Å²) in [5.41, 5.74) is 1.17. The van der Waals surface area contributed by atoms with E-state index in [0.717, 1.165) is 11.3 Å². The highest BCUT2D eigenvalue weighted by atomic mass is 79.9. The van der Waals surface area contributed by atoms with E-state index in [-0.39, 0.29) is 15.5 Å². The molecule has 0 atom stereocenters. The van der Waals surface area contributed by atoms with Gasteiger partial charge in [0, 0.05) is 4.47 Å². The van der Waals surface area contributed by atoms with E-state index < -0.39 is 10.0 Å². The van der Waals surface area contributed by atoms with Crippen LogP contribution in [-0.2, 0) is 10.0 Å². The molecule has 20 heavy (non-hydrogen) atoms. The van der Waals surface area contributed by atoms with Crippen molar-refractivity contribution >= 4 is 54.6 Å². The molecular formula is C12H8BrClN2O2S2. The Morgan fingerprint density at radius 3 is 2.65 bits per heavy atom. The van der Waals surface area contributed by atoms with E-state index >= 15 is 0 Å². The summed E-state index contributed by atoms with van der Waals surface area (Å²) in [6.07, 6.45) is 0. The summed E-state index contributed by atoms with van der Waals surface area (Å²) in [5, 5.41) is 9.01. The Hall–Kier alpha value is -1.07. The summed E-state index contributed by atoms with van der Waals surface area (Å²) in [6, 6.07) is 8.19. The first-order chi connectivity index (χ1) is 9.33. The van der Waals surface area contributed by atoms with Crippen molar-refractivity contribution in [3.63, 3.8) is 0 Å². The van der Waals surface area contributed by atoms with E-state index in [2.05, 4.69) is 20.7 Å². The summed E-state index contributed by atoms with van der Waals surface area (Å²) in [6.45, 7) is 1.73. The fourth-order valence-electron chi connectivity index (χ4n) is 1.46. The van der Waals surface area contributed by atoms with Crippen molar-refractivity contribution in [1.29, 1.82) is 5.26 Å². The Kier molecular flexibility index (Phi) is 4.39. The highest BCUT2D eigenvalue weighted by Gasteiger charge is 2.20. The fraction of sp³-hybridized carbons (Fsp3) is 0.0833. The second-order valence-electron chi connectivity index (χ2n) is 3.93. The van der Waals surface area contributed by atoms with Crippen LogP contribution >= 0.6 is 38.9 Å². The second kappa shape index (κ2) is 5.74. The molecule has 0 saturated carbocycles. The molecule has 8 heteroatoms. The molecule has 1 aromatic heterocycles. The summed E-state index contributed by atoms with van der Waals surface area (Å²) < 4.78 is 28.2. The molecule has 0 fully saturated rings. The maximum atomic E-state index is 12.3. The lowest BCUT2D eigenvalue weighted by molar-refractivity contribution is 0.603. The van der Waals surface area contributed by atoms with Gasteiger partial charge in [-0.15, -0.1) is 11.3 Å². The van der Waals surface area contributed by atoms with Gasteiger partial charge in [0.2, 0.25) is 0 Å². The van der Waals surface area contributed by atoms with Gasteiger partial charge in [0.15, 0.2) is 0 Å². The molecule has 0 aliphatic rings. The molecule has 104 valence electrons. The number of benzene rings is 1. The molecule has 2 rings (SSSR count). The van der Waals surface area contributed by atoms with Crippen LogP contribution in [0, 0.1) is 18.3 Å². The number of halogens is 2. The number of nitrogens with zero attached hydrogens (tertiary/aromatic N) is 1. The maximum Gasteiger partial charge on any atom is 0.271 e. The quantitative estimate of drug-likeness (QED) is 0.854. The highest BCUT2D eigenvalue weighted by molar-refractivity contribution is 9.10. The Labute approximate surface area is 134 Å². The molecule has 0 aliphatic heterocycles. The number of hydrogen-bond acceptors (Lipinski definition) is 4. The van der Waals surface area contributed by atoms with Gasteiger partial charge in [-0.2, -0.15) is 5.26 Å². The van der Waals surface area contributed by atoms with Gasteiger partial charge in [-0.3, -0.25) is 4.72 Å². The standard InChI is InChI=1S/C12H8BrClN2O2S2/c1-7-4-11(19-12(7)14)20(17,18)16-10-5-9(13)3-2-8(10)6-15/h2-5,16H,1H3. The molecule has 1 N–H and O–H groups in total. The van der Waals surface area contributed by atoms with Crippen LogP contribution in [0.5, 0.6) is 0 Å². The minimum Gasteiger partial charge on any atom is -0.278 e. The van der Waals surface area contributed by atoms with Crippen LogP contribution in [0.2, 0.25) is 4.34 Å². The maximum absolute atomic E-state index is 12.3. The zero-order valence-electron chi connectivity index (χ0n) is 10.1. The van der Waals surface area contributed by atoms with Crippen molar-refractivity contribution in [2.24, 2.45) is 0 Å². The molecule has 0 radical (unpaired) electrons. The average Bonchev–Trinajstić information content (AvgIpc) is 2.70. The van der Waals surface area contributed by atoms with E-state index in [9.17, 15) is 8.42 Å². The largest absolute Gasteiger partial charge is 0.278 e. The Bertz CT molecular complexity index is 790. The van der Waals surface area contributed by atoms with Crippen molar-refractivity contribution < 1.29 is 8.42 Å². The van der Waals surface area contributed by atoms with Gasteiger partial charge >= 0.3 is 0 Å². The first-order valence-electron chi connectivity index (χ1n) is 5.32. The van der Waals surface area contributed by atoms with Gasteiger partial charge in [-0.25, -0.2) is 8.42 Å². The summed E-state index contributed by atoms with van der Waals surface area (Å²) >= 11 is 10.1. The topological polar surface area (TPSA) is 70.0 Å². The van der Waals surface area contributed by atoms with Crippen molar-refractivity contribution in [2.75, 3.05) is 4.72 Å². The lowest BCUT2D eigenvalue weighted by atomic mass is 10.2. The van der Waals surface area contributed by atoms with Crippen LogP contribution in [0.25, 0.3) is 0 Å². The van der Waals surface area contributed by atoms with Crippen molar-refractivity contribution in [2.45, 2.75) is 11.1 Å². The zero-order chi connectivity index (χ0) is 14.9. The van der Waals surface area contributed by atoms with E-state index in [1.165, 1.54) is 18.2 Å². The molecular weight excluding hydrogens is 384 g/mol. The molecule has 0 bridgehead atoms. The smallest absolute Gasteiger partial charge is 0.271 e. The fourth-order valence-corrected chi connectivity index (χ4v) is 4.60. The van der Waals surface area contributed by atoms with Gasteiger partial charge in [0.1, 0.15) is 10.3 Å². The molecule has 0 aliphatic carbocycles. The van der Waals surface area contributed by atoms with E-state index in [0.29, 0.717) is 14.4 Å². The predicted octanol–water partition coefficient (Wildman–Crippen LogP) is 4.14. The van der Waals surface area contributed by atoms with Crippen LogP contribution in [0.1, 0.15) is 11.1 Å². The van der Waals surface area contributed by atoms with Crippen LogP contribution < -0.4 is 4.72 Å². The number of anilines is 1. The van der Waals surface area contributed by atoms with Gasteiger partial charge < -0.3 is 0 Å². The third-order valence-electron chi connectivity index (χ3n) is 2.45. The van der Waals surface area contributed by atoms with Crippen LogP contribution in [0.15, 0.2) is 32.9 Å². The molecule has 0 unspecified atom stereocenters. The summed E-state index contributed by atoms with van der Waals surface area (Å²) in [4.78, 5) is 0. The van der Waals surface area contributed by atoms with Crippen molar-refractivity contribution in [3.05, 3.63) is 44.2 Å². The van der Waals surface area contributed by atoms with Crippen LogP contribution in [0.3, 0.4) is 0 Å². The van der Waals surface area contributed by atoms with Gasteiger partial charge in [-0.1, -0.05) is 27.5 Å². The monoisotopic (exact) mass is 390 g/mol. The van der Waals surface area contributed by atoms with Crippen LogP contribution in [-0.4, -0.2) is 8.42 Å². The lowest BCUT2D eigenvalue weighted by Gasteiger charge is -2.08. The molecule has 1 heterocycles. The SMILES string of the molecule is Cc1cc(S(=O)(=O)Nc2cc(Br)ccc2C#N)sc1Cl. The summed E-state index contributed by atoms with van der Waals surface area (Å²) in [7, 11) is -3.75. The molecule has 0 saturated heterocycles. The minimum atomic E-state index is -3.75. The number of nitrogens with one attached hydrogen (secondary N) is 1. The lowest BCUT2D eigenvalue weighted by Crippen LogP contribution is -2.12. The average molecular weight is 392 g/mol. The van der Waals surface area contributed by atoms with E-state index in [1.54, 1.807) is 13.0 Å². The first-order valence-corrected chi connectivity index (χ1v) is 8.79. The third-order valence-corrected chi connectivity index (χ3v) is 6.33. The van der Waals surface area contributed by atoms with E-state index in [1.807, 2.05) is 6.07 Å². The van der Waals surface area contributed by atoms with Crippen molar-refractivity contribution in [1.82, 2.24) is 0 Å². The molecule has 0 amide bonds. The Morgan fingerprint density at radius 2 is 2.10 bits per heavy atom. The van der Waals surface area contributed by atoms with Crippen molar-refractivity contribution in [3.8, 4) is 6.07 Å². The van der Waals surface area contributed by atoms with Gasteiger partial charge in [-0.05, 0) is 36.8 Å². The Balaban J connectivity index is 2.43. The van der Waals surface area contributed by atoms with Crippen LogP contribution in [0.4, 0.5) is 5.69 Å². The predicted molar refractivity (Wildman–Crippen MR) is 83.7 cm³/mol. The molecule has 1 aromatic carbocycles. The van der Waals surface area contributed by atoms with E-state index in [4.69, 9.17) is 16.9 Å². The first kappa shape index (κ1) is 15.3. The van der Waals surface area contributed by atoms with Gasteiger partial charge in [0.25, 0.3) is 10.0 Å². The summed E-state index contributed by atoms with van der Waals surface area (Å²) in [5.74, 6) is 0. The molecule has 2 aromatic rings. The molecule has 0 spiro atoms. The number of hydrogen-bond donors (Lipinski definition) is 1. The number of rotatable bonds is 3. The minimum absolute atomic E-state index is 0.115. The normalized spacial score (nSPS) is 11.1. The highest BCUT2D eigenvalue weighted by Crippen LogP contribution is 2.32. The number of nitriles is 1. The zero-order valence-corrected chi connectivity index (χ0v) is 14.1. The number of aryl methyl sites for hydroxylation is 1. The number of sulfonamides is 1. The van der Waals surface area contributed by atoms with Gasteiger partial charge in [0.05, 0.1) is 15.6 Å².